The lowest BCUT2D eigenvalue weighted by atomic mass is 10.0. The van der Waals surface area contributed by atoms with Crippen molar-refractivity contribution in [3.05, 3.63) is 0 Å². The van der Waals surface area contributed by atoms with Crippen molar-refractivity contribution in [1.82, 2.24) is 16.0 Å². The Kier molecular flexibility index (Phi) is 15.2. The first-order chi connectivity index (χ1) is 15.9. The number of rotatable bonds is 17. The van der Waals surface area contributed by atoms with Crippen molar-refractivity contribution in [3.63, 3.8) is 0 Å². The van der Waals surface area contributed by atoms with Crippen LogP contribution in [0.2, 0.25) is 0 Å². The predicted molar refractivity (Wildman–Crippen MR) is 129 cm³/mol. The van der Waals surface area contributed by atoms with E-state index in [4.69, 9.17) is 22.9 Å². The number of hydrogen-bond acceptors (Lipinski definition) is 7. The number of aliphatic carboxylic acids is 1. The van der Waals surface area contributed by atoms with Crippen molar-refractivity contribution >= 4 is 29.7 Å². The van der Waals surface area contributed by atoms with Crippen molar-refractivity contribution in [2.75, 3.05) is 13.1 Å². The highest BCUT2D eigenvalue weighted by Crippen LogP contribution is 2.06. The molecule has 0 aromatic heterocycles. The highest BCUT2D eigenvalue weighted by Gasteiger charge is 2.28. The van der Waals surface area contributed by atoms with E-state index in [0.717, 1.165) is 0 Å². The number of carboxylic acids is 1. The number of nitrogens with two attached hydrogens (primary N) is 4. The number of carboxylic acid groups (broad SMARTS) is 1. The van der Waals surface area contributed by atoms with Gasteiger partial charge in [0.1, 0.15) is 18.1 Å². The summed E-state index contributed by atoms with van der Waals surface area (Å²) in [7, 11) is 0. The Hall–Kier alpha value is -2.93. The molecule has 34 heavy (non-hydrogen) atoms. The van der Waals surface area contributed by atoms with Crippen LogP contribution in [0.1, 0.15) is 59.3 Å². The van der Waals surface area contributed by atoms with Crippen LogP contribution in [0.3, 0.4) is 0 Å². The number of carbonyl (C=O) groups excluding carboxylic acids is 3. The van der Waals surface area contributed by atoms with Crippen LogP contribution in [0.5, 0.6) is 0 Å². The second-order valence-corrected chi connectivity index (χ2v) is 8.66. The molecule has 0 radical (unpaired) electrons. The van der Waals surface area contributed by atoms with Gasteiger partial charge in [-0.3, -0.25) is 19.4 Å². The molecule has 0 spiro atoms. The summed E-state index contributed by atoms with van der Waals surface area (Å²) in [5.41, 5.74) is 21.9. The molecule has 0 aromatic rings. The van der Waals surface area contributed by atoms with Crippen molar-refractivity contribution in [2.45, 2.75) is 83.5 Å². The number of nitrogens with zero attached hydrogens (tertiary/aromatic N) is 1. The summed E-state index contributed by atoms with van der Waals surface area (Å²) < 4.78 is 0. The number of carbonyl (C=O) groups is 4. The fourth-order valence-corrected chi connectivity index (χ4v) is 3.09. The Morgan fingerprint density at radius 2 is 1.44 bits per heavy atom. The highest BCUT2D eigenvalue weighted by molar-refractivity contribution is 5.93. The molecule has 0 aliphatic heterocycles. The lowest BCUT2D eigenvalue weighted by Gasteiger charge is -2.24. The smallest absolute Gasteiger partial charge is 0.326 e. The van der Waals surface area contributed by atoms with Crippen LogP contribution in [0.25, 0.3) is 0 Å². The lowest BCUT2D eigenvalue weighted by Crippen LogP contribution is -2.56. The van der Waals surface area contributed by atoms with E-state index in [2.05, 4.69) is 20.9 Å². The quantitative estimate of drug-likeness (QED) is 0.0649. The minimum atomic E-state index is -1.22. The predicted octanol–water partition coefficient (Wildman–Crippen LogP) is -1.90. The van der Waals surface area contributed by atoms with Gasteiger partial charge in [0, 0.05) is 6.54 Å². The number of aliphatic imine (C=N–C) groups is 1. The first-order valence-corrected chi connectivity index (χ1v) is 11.5. The van der Waals surface area contributed by atoms with E-state index in [1.54, 1.807) is 0 Å². The Morgan fingerprint density at radius 3 is 1.97 bits per heavy atom. The van der Waals surface area contributed by atoms with E-state index in [0.29, 0.717) is 38.6 Å². The fourth-order valence-electron chi connectivity index (χ4n) is 3.09. The molecule has 196 valence electrons. The van der Waals surface area contributed by atoms with E-state index in [1.165, 1.54) is 6.92 Å². The molecule has 4 unspecified atom stereocenters. The fraction of sp³-hybridized carbons (Fsp3) is 0.762. The van der Waals surface area contributed by atoms with E-state index in [-0.39, 0.29) is 24.8 Å². The third kappa shape index (κ3) is 13.6. The van der Waals surface area contributed by atoms with Crippen LogP contribution in [0.15, 0.2) is 4.99 Å². The molecule has 0 aliphatic rings. The second kappa shape index (κ2) is 16.6. The zero-order valence-corrected chi connectivity index (χ0v) is 20.4. The van der Waals surface area contributed by atoms with Crippen molar-refractivity contribution < 1.29 is 24.3 Å². The van der Waals surface area contributed by atoms with Crippen LogP contribution in [-0.2, 0) is 19.2 Å². The number of amides is 3. The maximum absolute atomic E-state index is 12.8. The Bertz CT molecular complexity index is 697. The summed E-state index contributed by atoms with van der Waals surface area (Å²) in [5, 5.41) is 16.9. The summed E-state index contributed by atoms with van der Waals surface area (Å²) in [6.07, 6.45) is 2.47. The van der Waals surface area contributed by atoms with Gasteiger partial charge in [-0.2, -0.15) is 0 Å². The molecule has 13 heteroatoms. The molecule has 0 fully saturated rings. The van der Waals surface area contributed by atoms with Gasteiger partial charge in [-0.15, -0.1) is 0 Å². The molecular formula is C21H42N8O5. The topological polar surface area (TPSA) is 241 Å². The summed E-state index contributed by atoms with van der Waals surface area (Å²) in [5.74, 6) is -2.82. The van der Waals surface area contributed by atoms with Gasteiger partial charge in [-0.1, -0.05) is 13.8 Å². The van der Waals surface area contributed by atoms with Gasteiger partial charge in [0.2, 0.25) is 17.7 Å². The molecule has 0 saturated carbocycles. The molecule has 12 N–H and O–H groups in total. The van der Waals surface area contributed by atoms with Crippen LogP contribution in [-0.4, -0.2) is 72.0 Å². The summed E-state index contributed by atoms with van der Waals surface area (Å²) in [4.78, 5) is 52.9. The molecule has 13 nitrogen and oxygen atoms in total. The number of hydrogen-bond donors (Lipinski definition) is 8. The van der Waals surface area contributed by atoms with E-state index in [9.17, 15) is 24.3 Å². The molecular weight excluding hydrogens is 444 g/mol. The minimum Gasteiger partial charge on any atom is -0.480 e. The molecule has 0 bridgehead atoms. The van der Waals surface area contributed by atoms with Gasteiger partial charge in [-0.25, -0.2) is 4.79 Å². The first-order valence-electron chi connectivity index (χ1n) is 11.5. The van der Waals surface area contributed by atoms with Crippen LogP contribution >= 0.6 is 0 Å². The number of guanidine groups is 1. The Balaban J connectivity index is 5.03. The zero-order chi connectivity index (χ0) is 26.3. The van der Waals surface area contributed by atoms with E-state index < -0.39 is 47.9 Å². The molecule has 0 saturated heterocycles. The summed E-state index contributed by atoms with van der Waals surface area (Å²) in [6, 6.07) is -3.87. The van der Waals surface area contributed by atoms with Gasteiger partial charge in [-0.05, 0) is 57.9 Å². The van der Waals surface area contributed by atoms with Gasteiger partial charge in [0.15, 0.2) is 5.96 Å². The summed E-state index contributed by atoms with van der Waals surface area (Å²) >= 11 is 0. The maximum Gasteiger partial charge on any atom is 0.326 e. The molecule has 0 aromatic carbocycles. The van der Waals surface area contributed by atoms with Gasteiger partial charge >= 0.3 is 5.97 Å². The molecule has 3 amide bonds. The second-order valence-electron chi connectivity index (χ2n) is 8.66. The van der Waals surface area contributed by atoms with Gasteiger partial charge in [0.05, 0.1) is 6.04 Å². The largest absolute Gasteiger partial charge is 0.480 e. The standard InChI is InChI=1S/C21H42N8O5/c1-12(2)11-14(23)18(31)28-15(7-4-5-9-22)19(32)27-13(3)17(30)29-16(20(33)34)8-6-10-26-21(24)25/h12-16H,4-11,22-23H2,1-3H3,(H,27,32)(H,28,31)(H,29,30)(H,33,34)(H4,24,25,26). The Labute approximate surface area is 200 Å². The minimum absolute atomic E-state index is 0.101. The van der Waals surface area contributed by atoms with E-state index in [1.807, 2.05) is 13.8 Å². The molecule has 0 aliphatic carbocycles. The average molecular weight is 487 g/mol. The third-order valence-electron chi connectivity index (χ3n) is 4.95. The molecule has 4 atom stereocenters. The normalized spacial score (nSPS) is 14.4. The molecule has 0 heterocycles. The van der Waals surface area contributed by atoms with Crippen LogP contribution in [0, 0.1) is 5.92 Å². The van der Waals surface area contributed by atoms with Crippen LogP contribution < -0.4 is 38.9 Å². The van der Waals surface area contributed by atoms with Crippen LogP contribution in [0.4, 0.5) is 0 Å². The van der Waals surface area contributed by atoms with Gasteiger partial charge in [0.25, 0.3) is 0 Å². The van der Waals surface area contributed by atoms with Gasteiger partial charge < -0.3 is 44.0 Å². The lowest BCUT2D eigenvalue weighted by molar-refractivity contribution is -0.142. The Morgan fingerprint density at radius 1 is 0.853 bits per heavy atom. The monoisotopic (exact) mass is 486 g/mol. The number of unbranched alkanes of at least 4 members (excludes halogenated alkanes) is 1. The third-order valence-corrected chi connectivity index (χ3v) is 4.95. The SMILES string of the molecule is CC(C)CC(N)C(=O)NC(CCCCN)C(=O)NC(C)C(=O)NC(CCCN=C(N)N)C(=O)O. The van der Waals surface area contributed by atoms with Crippen molar-refractivity contribution in [1.29, 1.82) is 0 Å². The summed E-state index contributed by atoms with van der Waals surface area (Å²) in [6.45, 7) is 5.95. The highest BCUT2D eigenvalue weighted by atomic mass is 16.4. The maximum atomic E-state index is 12.8. The molecule has 0 rings (SSSR count). The first kappa shape index (κ1) is 31.1. The average Bonchev–Trinajstić information content (AvgIpc) is 2.73. The van der Waals surface area contributed by atoms with E-state index >= 15 is 0 Å². The number of nitrogens with one attached hydrogen (secondary N) is 3. The van der Waals surface area contributed by atoms with Crippen molar-refractivity contribution in [2.24, 2.45) is 33.8 Å². The zero-order valence-electron chi connectivity index (χ0n) is 20.4. The van der Waals surface area contributed by atoms with Crippen molar-refractivity contribution in [3.8, 4) is 0 Å².